The lowest BCUT2D eigenvalue weighted by Gasteiger charge is -2.21. The van der Waals surface area contributed by atoms with Crippen molar-refractivity contribution in [3.8, 4) is 34.3 Å². The molecule has 5 rings (SSSR count). The van der Waals surface area contributed by atoms with Gasteiger partial charge in [0.05, 0.1) is 11.4 Å². The highest BCUT2D eigenvalue weighted by Gasteiger charge is 2.26. The van der Waals surface area contributed by atoms with Crippen LogP contribution in [-0.4, -0.2) is 24.5 Å². The minimum absolute atomic E-state index is 0.226. The molecule has 1 aromatic carbocycles. The third kappa shape index (κ3) is 3.40. The Morgan fingerprint density at radius 3 is 2.88 bits per heavy atom. The first kappa shape index (κ1) is 20.7. The van der Waals surface area contributed by atoms with Crippen LogP contribution >= 0.6 is 0 Å². The lowest BCUT2D eigenvalue weighted by molar-refractivity contribution is 0.227. The maximum absolute atomic E-state index is 14.3. The molecule has 4 aromatic rings. The number of hydrogen-bond donors (Lipinski definition) is 1. The number of benzene rings is 1. The fraction of sp³-hybridized carbons (Fsp3) is 0.250. The number of nitrogens with two attached hydrogens (primary N) is 1. The Morgan fingerprint density at radius 1 is 1.30 bits per heavy atom. The van der Waals surface area contributed by atoms with Crippen molar-refractivity contribution >= 4 is 5.82 Å². The summed E-state index contributed by atoms with van der Waals surface area (Å²) in [4.78, 5) is 4.33. The number of hydrogen-bond acceptors (Lipinski definition) is 6. The summed E-state index contributed by atoms with van der Waals surface area (Å²) in [7, 11) is 1.84. The van der Waals surface area contributed by atoms with Gasteiger partial charge in [0, 0.05) is 60.2 Å². The molecule has 0 aliphatic carbocycles. The molecule has 166 valence electrons. The summed E-state index contributed by atoms with van der Waals surface area (Å²) in [6.07, 6.45) is 3.48. The van der Waals surface area contributed by atoms with E-state index in [4.69, 9.17) is 10.5 Å². The third-order valence-electron chi connectivity index (χ3n) is 5.89. The van der Waals surface area contributed by atoms with Crippen LogP contribution < -0.4 is 10.5 Å². The summed E-state index contributed by atoms with van der Waals surface area (Å²) < 4.78 is 24.0. The van der Waals surface area contributed by atoms with Crippen LogP contribution in [0.5, 0.6) is 5.75 Å². The number of anilines is 1. The van der Waals surface area contributed by atoms with Crippen molar-refractivity contribution < 1.29 is 9.13 Å². The Labute approximate surface area is 190 Å². The summed E-state index contributed by atoms with van der Waals surface area (Å²) in [5.74, 6) is 0.237. The smallest absolute Gasteiger partial charge is 0.166 e. The first-order valence-corrected chi connectivity index (χ1v) is 10.6. The average molecular weight is 443 g/mol. The monoisotopic (exact) mass is 443 g/mol. The van der Waals surface area contributed by atoms with Gasteiger partial charge in [-0.3, -0.25) is 9.36 Å². The number of aromatic nitrogens is 5. The van der Waals surface area contributed by atoms with E-state index >= 15 is 0 Å². The Bertz CT molecular complexity index is 1430. The van der Waals surface area contributed by atoms with Crippen LogP contribution in [0.15, 0.2) is 36.7 Å². The van der Waals surface area contributed by atoms with Crippen molar-refractivity contribution in [1.82, 2.24) is 24.5 Å². The van der Waals surface area contributed by atoms with Gasteiger partial charge in [-0.05, 0) is 38.1 Å². The SMILES string of the molecule is CCn1nc(C#N)c2c1-c1cnc(N)c(c1)O[C@H](C)c1cc(F)ccc1-c1nn(C)cc1C2. The zero-order valence-corrected chi connectivity index (χ0v) is 18.5. The highest BCUT2D eigenvalue weighted by molar-refractivity contribution is 5.73. The zero-order valence-electron chi connectivity index (χ0n) is 18.5. The summed E-state index contributed by atoms with van der Waals surface area (Å²) >= 11 is 0. The van der Waals surface area contributed by atoms with E-state index in [1.54, 1.807) is 27.7 Å². The molecule has 33 heavy (non-hydrogen) atoms. The van der Waals surface area contributed by atoms with E-state index in [1.165, 1.54) is 12.1 Å². The number of nitrogens with zero attached hydrogens (tertiary/aromatic N) is 6. The lowest BCUT2D eigenvalue weighted by Crippen LogP contribution is -2.10. The van der Waals surface area contributed by atoms with Crippen LogP contribution in [0.2, 0.25) is 0 Å². The minimum atomic E-state index is -0.519. The van der Waals surface area contributed by atoms with E-state index in [1.807, 2.05) is 27.1 Å². The highest BCUT2D eigenvalue weighted by Crippen LogP contribution is 2.39. The number of nitriles is 1. The van der Waals surface area contributed by atoms with Crippen LogP contribution in [0.3, 0.4) is 0 Å². The fourth-order valence-corrected chi connectivity index (χ4v) is 4.41. The summed E-state index contributed by atoms with van der Waals surface area (Å²) in [5, 5.41) is 19.0. The summed E-state index contributed by atoms with van der Waals surface area (Å²) in [5.41, 5.74) is 11.8. The van der Waals surface area contributed by atoms with Gasteiger partial charge >= 0.3 is 0 Å². The van der Waals surface area contributed by atoms with Crippen molar-refractivity contribution in [2.24, 2.45) is 7.05 Å². The number of ether oxygens (including phenoxy) is 1. The summed E-state index contributed by atoms with van der Waals surface area (Å²) in [6.45, 7) is 4.38. The first-order valence-electron chi connectivity index (χ1n) is 10.6. The predicted molar refractivity (Wildman–Crippen MR) is 121 cm³/mol. The summed E-state index contributed by atoms with van der Waals surface area (Å²) in [6, 6.07) is 8.61. The Kier molecular flexibility index (Phi) is 4.86. The van der Waals surface area contributed by atoms with Gasteiger partial charge in [0.2, 0.25) is 0 Å². The molecule has 0 saturated carbocycles. The molecule has 0 radical (unpaired) electrons. The first-order chi connectivity index (χ1) is 15.9. The van der Waals surface area contributed by atoms with Gasteiger partial charge in [-0.1, -0.05) is 0 Å². The third-order valence-corrected chi connectivity index (χ3v) is 5.89. The van der Waals surface area contributed by atoms with Gasteiger partial charge in [0.15, 0.2) is 17.3 Å². The number of halogens is 1. The molecule has 0 fully saturated rings. The normalized spacial score (nSPS) is 14.7. The second kappa shape index (κ2) is 7.74. The van der Waals surface area contributed by atoms with Crippen molar-refractivity contribution in [2.45, 2.75) is 32.9 Å². The Balaban J connectivity index is 1.86. The van der Waals surface area contributed by atoms with Gasteiger partial charge < -0.3 is 10.5 Å². The number of pyridine rings is 1. The van der Waals surface area contributed by atoms with Crippen molar-refractivity contribution in [3.63, 3.8) is 0 Å². The van der Waals surface area contributed by atoms with Gasteiger partial charge in [-0.25, -0.2) is 9.37 Å². The van der Waals surface area contributed by atoms with Crippen LogP contribution in [0.4, 0.5) is 10.2 Å². The van der Waals surface area contributed by atoms with Gasteiger partial charge in [-0.2, -0.15) is 15.5 Å². The van der Waals surface area contributed by atoms with E-state index in [2.05, 4.69) is 21.3 Å². The largest absolute Gasteiger partial charge is 0.482 e. The molecular weight excluding hydrogens is 421 g/mol. The van der Waals surface area contributed by atoms with E-state index in [0.29, 0.717) is 35.7 Å². The maximum Gasteiger partial charge on any atom is 0.166 e. The van der Waals surface area contributed by atoms with Crippen molar-refractivity contribution in [3.05, 3.63) is 64.9 Å². The molecule has 2 N–H and O–H groups in total. The van der Waals surface area contributed by atoms with E-state index in [9.17, 15) is 9.65 Å². The molecule has 9 heteroatoms. The predicted octanol–water partition coefficient (Wildman–Crippen LogP) is 4.00. The number of rotatable bonds is 1. The number of aryl methyl sites for hydroxylation is 2. The van der Waals surface area contributed by atoms with Crippen LogP contribution in [-0.2, 0) is 20.0 Å². The van der Waals surface area contributed by atoms with Crippen LogP contribution in [0, 0.1) is 17.1 Å². The van der Waals surface area contributed by atoms with E-state index < -0.39 is 6.10 Å². The number of nitrogen functional groups attached to an aromatic ring is 1. The van der Waals surface area contributed by atoms with Gasteiger partial charge in [0.1, 0.15) is 18.0 Å². The fourth-order valence-electron chi connectivity index (χ4n) is 4.41. The zero-order chi connectivity index (χ0) is 23.3. The molecule has 0 spiro atoms. The van der Waals surface area contributed by atoms with Gasteiger partial charge in [0.25, 0.3) is 0 Å². The molecule has 0 amide bonds. The Morgan fingerprint density at radius 2 is 2.12 bits per heavy atom. The minimum Gasteiger partial charge on any atom is -0.482 e. The van der Waals surface area contributed by atoms with Crippen molar-refractivity contribution in [2.75, 3.05) is 5.73 Å². The standard InChI is InChI=1S/C24H22FN7O/c1-4-32-23-14-8-21(24(27)28-11-14)33-13(2)18-9-16(25)5-6-17(18)22-15(12-31(3)30-22)7-19(23)20(10-26)29-32/h5-6,8-9,11-13H,4,7H2,1-3H3,(H2,27,28)/t13-/m1/s1. The molecule has 0 saturated heterocycles. The second-order valence-corrected chi connectivity index (χ2v) is 8.06. The molecular formula is C24H22FN7O. The number of fused-ring (bicyclic) bond motifs is 7. The lowest BCUT2D eigenvalue weighted by atomic mass is 9.94. The quantitative estimate of drug-likeness (QED) is 0.476. The molecule has 2 bridgehead atoms. The van der Waals surface area contributed by atoms with Crippen LogP contribution in [0.1, 0.15) is 42.3 Å². The van der Waals surface area contributed by atoms with Crippen molar-refractivity contribution in [1.29, 1.82) is 5.26 Å². The molecule has 0 unspecified atom stereocenters. The molecule has 1 aliphatic heterocycles. The van der Waals surface area contributed by atoms with Gasteiger partial charge in [-0.15, -0.1) is 0 Å². The molecule has 8 nitrogen and oxygen atoms in total. The maximum atomic E-state index is 14.3. The highest BCUT2D eigenvalue weighted by atomic mass is 19.1. The van der Waals surface area contributed by atoms with E-state index in [-0.39, 0.29) is 11.6 Å². The van der Waals surface area contributed by atoms with E-state index in [0.717, 1.165) is 27.9 Å². The van der Waals surface area contributed by atoms with Crippen LogP contribution in [0.25, 0.3) is 22.5 Å². The topological polar surface area (TPSA) is 108 Å². The second-order valence-electron chi connectivity index (χ2n) is 8.06. The molecule has 3 aromatic heterocycles. The average Bonchev–Trinajstić information content (AvgIpc) is 3.34. The molecule has 1 aliphatic rings. The Hall–Kier alpha value is -4.19. The molecule has 4 heterocycles. The molecule has 1 atom stereocenters.